The number of rotatable bonds is 5. The molecule has 3 heterocycles. The first kappa shape index (κ1) is 17.4. The highest BCUT2D eigenvalue weighted by Crippen LogP contribution is 2.28. The van der Waals surface area contributed by atoms with Gasteiger partial charge in [-0.3, -0.25) is 0 Å². The Morgan fingerprint density at radius 2 is 2.11 bits per heavy atom. The van der Waals surface area contributed by atoms with Crippen molar-refractivity contribution in [2.75, 3.05) is 25.0 Å². The van der Waals surface area contributed by atoms with Gasteiger partial charge in [-0.15, -0.1) is 0 Å². The Hall–Kier alpha value is -2.98. The molecule has 0 radical (unpaired) electrons. The molecule has 1 unspecified atom stereocenters. The summed E-state index contributed by atoms with van der Waals surface area (Å²) in [6, 6.07) is 9.79. The lowest BCUT2D eigenvalue weighted by atomic mass is 9.98. The van der Waals surface area contributed by atoms with Gasteiger partial charge in [0.05, 0.1) is 11.8 Å². The van der Waals surface area contributed by atoms with Crippen LogP contribution in [0.5, 0.6) is 0 Å². The average Bonchev–Trinajstić information content (AvgIpc) is 3.13. The third kappa shape index (κ3) is 3.76. The topological polar surface area (TPSA) is 99.7 Å². The predicted octanol–water partition coefficient (Wildman–Crippen LogP) is 2.99. The van der Waals surface area contributed by atoms with E-state index in [1.165, 1.54) is 0 Å². The second-order valence-corrected chi connectivity index (χ2v) is 6.92. The van der Waals surface area contributed by atoms with Crippen molar-refractivity contribution in [2.45, 2.75) is 25.7 Å². The van der Waals surface area contributed by atoms with Gasteiger partial charge >= 0.3 is 0 Å². The Labute approximate surface area is 157 Å². The molecular formula is C20H22N6O. The van der Waals surface area contributed by atoms with E-state index in [4.69, 9.17) is 4.42 Å². The number of para-hydroxylation sites is 2. The minimum absolute atomic E-state index is 0.366. The van der Waals surface area contributed by atoms with Gasteiger partial charge in [0.2, 0.25) is 11.8 Å². The molecule has 0 aliphatic carbocycles. The molecule has 0 saturated carbocycles. The Kier molecular flexibility index (Phi) is 4.99. The van der Waals surface area contributed by atoms with Crippen molar-refractivity contribution in [1.82, 2.24) is 20.3 Å². The molecule has 4 rings (SSSR count). The molecule has 138 valence electrons. The van der Waals surface area contributed by atoms with E-state index in [1.807, 2.05) is 31.2 Å². The van der Waals surface area contributed by atoms with E-state index in [9.17, 15) is 5.26 Å². The van der Waals surface area contributed by atoms with Crippen LogP contribution in [-0.4, -0.2) is 34.6 Å². The number of piperidine rings is 1. The molecule has 27 heavy (non-hydrogen) atoms. The van der Waals surface area contributed by atoms with Gasteiger partial charge in [0, 0.05) is 12.7 Å². The first-order valence-corrected chi connectivity index (χ1v) is 9.28. The third-order valence-corrected chi connectivity index (χ3v) is 4.98. The molecular weight excluding hydrogens is 340 g/mol. The van der Waals surface area contributed by atoms with Gasteiger partial charge < -0.3 is 15.1 Å². The van der Waals surface area contributed by atoms with Crippen LogP contribution >= 0.6 is 0 Å². The Morgan fingerprint density at radius 3 is 2.89 bits per heavy atom. The predicted molar refractivity (Wildman–Crippen MR) is 102 cm³/mol. The number of nitrogens with one attached hydrogen (secondary N) is 2. The zero-order chi connectivity index (χ0) is 18.6. The second-order valence-electron chi connectivity index (χ2n) is 6.92. The number of aromatic nitrogens is 3. The van der Waals surface area contributed by atoms with Crippen LogP contribution in [0.4, 0.5) is 5.95 Å². The Bertz CT molecular complexity index is 937. The van der Waals surface area contributed by atoms with Crippen molar-refractivity contribution in [1.29, 1.82) is 5.26 Å². The van der Waals surface area contributed by atoms with Gasteiger partial charge in [-0.25, -0.2) is 15.0 Å². The summed E-state index contributed by atoms with van der Waals surface area (Å²) < 4.78 is 5.80. The van der Waals surface area contributed by atoms with Gasteiger partial charge in [0.1, 0.15) is 5.52 Å². The lowest BCUT2D eigenvalue weighted by Gasteiger charge is -2.22. The van der Waals surface area contributed by atoms with Crippen molar-refractivity contribution in [2.24, 2.45) is 5.92 Å². The Balaban J connectivity index is 1.58. The molecule has 2 N–H and O–H groups in total. The van der Waals surface area contributed by atoms with Gasteiger partial charge in [-0.05, 0) is 56.5 Å². The number of aryl methyl sites for hydroxylation is 1. The number of hydrogen-bond acceptors (Lipinski definition) is 7. The van der Waals surface area contributed by atoms with Crippen molar-refractivity contribution >= 4 is 17.0 Å². The fourth-order valence-corrected chi connectivity index (χ4v) is 3.40. The van der Waals surface area contributed by atoms with E-state index in [1.54, 1.807) is 6.20 Å². The van der Waals surface area contributed by atoms with Crippen LogP contribution in [-0.2, 0) is 0 Å². The molecule has 2 aromatic heterocycles. The number of nitrogens with zero attached hydrogens (tertiary/aromatic N) is 4. The summed E-state index contributed by atoms with van der Waals surface area (Å²) in [6.07, 6.45) is 4.05. The molecule has 1 aromatic carbocycles. The van der Waals surface area contributed by atoms with Crippen molar-refractivity contribution < 1.29 is 4.42 Å². The van der Waals surface area contributed by atoms with Gasteiger partial charge in [-0.1, -0.05) is 12.1 Å². The molecule has 1 saturated heterocycles. The van der Waals surface area contributed by atoms with Crippen molar-refractivity contribution in [3.05, 3.63) is 47.6 Å². The summed E-state index contributed by atoms with van der Waals surface area (Å²) in [7, 11) is 0. The Morgan fingerprint density at radius 1 is 1.30 bits per heavy atom. The normalized spacial score (nSPS) is 16.1. The SMILES string of the molecule is Cc1cnc(NCC2CCNCC2)nc1C(C#N)c1nc2ccccc2o1. The number of fused-ring (bicyclic) bond motifs is 1. The number of benzene rings is 1. The quantitative estimate of drug-likeness (QED) is 0.719. The molecule has 0 bridgehead atoms. The van der Waals surface area contributed by atoms with Crippen molar-refractivity contribution in [3.63, 3.8) is 0 Å². The maximum atomic E-state index is 9.77. The summed E-state index contributed by atoms with van der Waals surface area (Å²) in [5.41, 5.74) is 2.88. The summed E-state index contributed by atoms with van der Waals surface area (Å²) in [5.74, 6) is 0.860. The van der Waals surface area contributed by atoms with Crippen molar-refractivity contribution in [3.8, 4) is 6.07 Å². The first-order valence-electron chi connectivity index (χ1n) is 9.28. The highest BCUT2D eigenvalue weighted by molar-refractivity contribution is 5.72. The monoisotopic (exact) mass is 362 g/mol. The first-order chi connectivity index (χ1) is 13.2. The van der Waals surface area contributed by atoms with E-state index >= 15 is 0 Å². The van der Waals surface area contributed by atoms with Crippen LogP contribution in [0.1, 0.15) is 35.9 Å². The zero-order valence-electron chi connectivity index (χ0n) is 15.3. The number of nitriles is 1. The van der Waals surface area contributed by atoms with Crippen LogP contribution in [0.25, 0.3) is 11.1 Å². The summed E-state index contributed by atoms with van der Waals surface area (Å²) in [6.45, 7) is 4.85. The minimum atomic E-state index is -0.667. The summed E-state index contributed by atoms with van der Waals surface area (Å²) in [5, 5.41) is 16.5. The fraction of sp³-hybridized carbons (Fsp3) is 0.400. The maximum absolute atomic E-state index is 9.77. The molecule has 0 spiro atoms. The van der Waals surface area contributed by atoms with Crippen LogP contribution in [0.15, 0.2) is 34.9 Å². The molecule has 0 amide bonds. The average molecular weight is 362 g/mol. The van der Waals surface area contributed by atoms with Crippen LogP contribution in [0.3, 0.4) is 0 Å². The molecule has 7 nitrogen and oxygen atoms in total. The maximum Gasteiger partial charge on any atom is 0.222 e. The summed E-state index contributed by atoms with van der Waals surface area (Å²) in [4.78, 5) is 13.5. The number of hydrogen-bond donors (Lipinski definition) is 2. The molecule has 1 aliphatic heterocycles. The summed E-state index contributed by atoms with van der Waals surface area (Å²) >= 11 is 0. The molecule has 3 aromatic rings. The highest BCUT2D eigenvalue weighted by atomic mass is 16.3. The lowest BCUT2D eigenvalue weighted by Crippen LogP contribution is -2.31. The zero-order valence-corrected chi connectivity index (χ0v) is 15.3. The minimum Gasteiger partial charge on any atom is -0.439 e. The lowest BCUT2D eigenvalue weighted by molar-refractivity contribution is 0.389. The van der Waals surface area contributed by atoms with E-state index in [-0.39, 0.29) is 0 Å². The highest BCUT2D eigenvalue weighted by Gasteiger charge is 2.24. The fourth-order valence-electron chi connectivity index (χ4n) is 3.40. The molecule has 1 fully saturated rings. The van der Waals surface area contributed by atoms with E-state index in [0.29, 0.717) is 29.0 Å². The number of oxazole rings is 1. The molecule has 7 heteroatoms. The van der Waals surface area contributed by atoms with E-state index in [2.05, 4.69) is 31.7 Å². The smallest absolute Gasteiger partial charge is 0.222 e. The van der Waals surface area contributed by atoms with E-state index in [0.717, 1.165) is 43.6 Å². The molecule has 1 atom stereocenters. The standard InChI is InChI=1S/C20H22N6O/c1-13-11-23-20(24-12-14-6-8-22-9-7-14)26-18(13)15(10-21)19-25-16-4-2-3-5-17(16)27-19/h2-5,11,14-15,22H,6-9,12H2,1H3,(H,23,24,26). The number of anilines is 1. The molecule has 1 aliphatic rings. The van der Waals surface area contributed by atoms with Crippen LogP contribution in [0.2, 0.25) is 0 Å². The largest absolute Gasteiger partial charge is 0.439 e. The van der Waals surface area contributed by atoms with Gasteiger partial charge in [0.15, 0.2) is 11.5 Å². The third-order valence-electron chi connectivity index (χ3n) is 4.98. The second kappa shape index (κ2) is 7.72. The van der Waals surface area contributed by atoms with Crippen LogP contribution < -0.4 is 10.6 Å². The van der Waals surface area contributed by atoms with Gasteiger partial charge in [0.25, 0.3) is 0 Å². The van der Waals surface area contributed by atoms with Crippen LogP contribution in [0, 0.1) is 24.2 Å². The van der Waals surface area contributed by atoms with Gasteiger partial charge in [-0.2, -0.15) is 5.26 Å². The van der Waals surface area contributed by atoms with E-state index < -0.39 is 5.92 Å².